The Morgan fingerprint density at radius 3 is 2.53 bits per heavy atom. The fraction of sp³-hybridized carbons (Fsp3) is 0.600. The fourth-order valence-corrected chi connectivity index (χ4v) is 5.52. The van der Waals surface area contributed by atoms with Crippen LogP contribution in [0.15, 0.2) is 20.1 Å². The number of rotatable bonds is 6. The molecule has 0 fully saturated rings. The Labute approximate surface area is 123 Å². The summed E-state index contributed by atoms with van der Waals surface area (Å²) in [7, 11) is -3.37. The summed E-state index contributed by atoms with van der Waals surface area (Å²) in [4.78, 5) is 0. The molecule has 0 atom stereocenters. The van der Waals surface area contributed by atoms with E-state index in [4.69, 9.17) is 0 Å². The number of nitrogens with one attached hydrogen (secondary N) is 1. The number of alkyl halides is 1. The average Bonchev–Trinajstić information content (AvgIpc) is 2.63. The Balaban J connectivity index is 2.69. The molecule has 0 unspecified atom stereocenters. The summed E-state index contributed by atoms with van der Waals surface area (Å²) in [6, 6.07) is 3.34. The maximum atomic E-state index is 12.0. The second kappa shape index (κ2) is 6.14. The maximum Gasteiger partial charge on any atom is 0.250 e. The summed E-state index contributed by atoms with van der Waals surface area (Å²) in [5.74, 6) is 0. The van der Waals surface area contributed by atoms with Crippen molar-refractivity contribution < 1.29 is 8.42 Å². The van der Waals surface area contributed by atoms with Crippen molar-refractivity contribution in [1.29, 1.82) is 0 Å². The van der Waals surface area contributed by atoms with Gasteiger partial charge in [0.25, 0.3) is 0 Å². The summed E-state index contributed by atoms with van der Waals surface area (Å²) in [5, 5.41) is 0.867. The van der Waals surface area contributed by atoms with Gasteiger partial charge < -0.3 is 0 Å². The Bertz CT molecular complexity index is 468. The van der Waals surface area contributed by atoms with Crippen molar-refractivity contribution in [1.82, 2.24) is 4.72 Å². The molecular weight excluding hydrogens is 390 g/mol. The van der Waals surface area contributed by atoms with Gasteiger partial charge in [-0.25, -0.2) is 13.1 Å². The molecular formula is C10H15Br2NO2S2. The number of halogens is 2. The van der Waals surface area contributed by atoms with E-state index in [1.807, 2.05) is 13.8 Å². The lowest BCUT2D eigenvalue weighted by Gasteiger charge is -2.23. The molecule has 0 saturated carbocycles. The normalized spacial score (nSPS) is 12.9. The summed E-state index contributed by atoms with van der Waals surface area (Å²) in [5.41, 5.74) is -0.0505. The van der Waals surface area contributed by atoms with Crippen LogP contribution in [-0.2, 0) is 10.0 Å². The van der Waals surface area contributed by atoms with Gasteiger partial charge in [0.1, 0.15) is 4.21 Å². The molecule has 7 heteroatoms. The van der Waals surface area contributed by atoms with Gasteiger partial charge >= 0.3 is 0 Å². The molecule has 0 aliphatic heterocycles. The molecule has 0 bridgehead atoms. The first-order valence-corrected chi connectivity index (χ1v) is 9.29. The van der Waals surface area contributed by atoms with E-state index in [0.29, 0.717) is 10.8 Å². The van der Waals surface area contributed by atoms with Crippen LogP contribution in [0.5, 0.6) is 0 Å². The molecule has 0 radical (unpaired) electrons. The Kier molecular flexibility index (Phi) is 5.65. The van der Waals surface area contributed by atoms with Crippen LogP contribution in [0, 0.1) is 5.41 Å². The highest BCUT2D eigenvalue weighted by Crippen LogP contribution is 2.27. The van der Waals surface area contributed by atoms with Crippen LogP contribution in [0.2, 0.25) is 0 Å². The van der Waals surface area contributed by atoms with Gasteiger partial charge in [-0.05, 0) is 39.9 Å². The quantitative estimate of drug-likeness (QED) is 0.736. The van der Waals surface area contributed by atoms with Crippen LogP contribution in [-0.4, -0.2) is 20.3 Å². The molecule has 0 aliphatic rings. The molecule has 0 aliphatic carbocycles. The van der Waals surface area contributed by atoms with Gasteiger partial charge in [0.2, 0.25) is 10.0 Å². The Morgan fingerprint density at radius 2 is 2.06 bits per heavy atom. The zero-order chi connectivity index (χ0) is 13.1. The van der Waals surface area contributed by atoms with E-state index < -0.39 is 10.0 Å². The van der Waals surface area contributed by atoms with Crippen molar-refractivity contribution in [2.45, 2.75) is 24.5 Å². The number of hydrogen-bond acceptors (Lipinski definition) is 3. The Morgan fingerprint density at radius 1 is 1.41 bits per heavy atom. The van der Waals surface area contributed by atoms with Gasteiger partial charge in [0.15, 0.2) is 0 Å². The zero-order valence-electron chi connectivity index (χ0n) is 9.66. The van der Waals surface area contributed by atoms with Crippen LogP contribution in [0.25, 0.3) is 0 Å². The fourth-order valence-electron chi connectivity index (χ4n) is 1.15. The standard InChI is InChI=1S/C10H15Br2NO2S2/c1-10(2,5-6-11)7-13-17(14,15)9-4-3-8(12)16-9/h3-4,13H,5-7H2,1-2H3. The average molecular weight is 405 g/mol. The van der Waals surface area contributed by atoms with Crippen molar-refractivity contribution in [3.8, 4) is 0 Å². The molecule has 1 aromatic heterocycles. The second-order valence-corrected chi connectivity index (χ2v) is 9.74. The molecule has 1 rings (SSSR count). The molecule has 0 saturated heterocycles. The van der Waals surface area contributed by atoms with E-state index in [-0.39, 0.29) is 5.41 Å². The first-order chi connectivity index (χ1) is 7.77. The van der Waals surface area contributed by atoms with Gasteiger partial charge in [-0.15, -0.1) is 11.3 Å². The van der Waals surface area contributed by atoms with E-state index in [1.54, 1.807) is 12.1 Å². The van der Waals surface area contributed by atoms with E-state index in [1.165, 1.54) is 11.3 Å². The first kappa shape index (κ1) is 15.6. The minimum absolute atomic E-state index is 0.0505. The lowest BCUT2D eigenvalue weighted by atomic mass is 9.91. The van der Waals surface area contributed by atoms with Crippen molar-refractivity contribution in [3.63, 3.8) is 0 Å². The zero-order valence-corrected chi connectivity index (χ0v) is 14.5. The first-order valence-electron chi connectivity index (χ1n) is 5.08. The molecule has 98 valence electrons. The van der Waals surface area contributed by atoms with Crippen molar-refractivity contribution in [2.75, 3.05) is 11.9 Å². The number of hydrogen-bond donors (Lipinski definition) is 1. The topological polar surface area (TPSA) is 46.2 Å². The van der Waals surface area contributed by atoms with Crippen molar-refractivity contribution >= 4 is 53.2 Å². The van der Waals surface area contributed by atoms with Crippen molar-refractivity contribution in [3.05, 3.63) is 15.9 Å². The molecule has 1 heterocycles. The molecule has 0 spiro atoms. The highest BCUT2D eigenvalue weighted by atomic mass is 79.9. The minimum Gasteiger partial charge on any atom is -0.210 e. The molecule has 0 amide bonds. The molecule has 17 heavy (non-hydrogen) atoms. The smallest absolute Gasteiger partial charge is 0.210 e. The Hall–Kier alpha value is 0.570. The molecule has 1 N–H and O–H groups in total. The second-order valence-electron chi connectivity index (χ2n) is 4.49. The molecule has 3 nitrogen and oxygen atoms in total. The van der Waals surface area contributed by atoms with Crippen LogP contribution in [0.4, 0.5) is 0 Å². The summed E-state index contributed by atoms with van der Waals surface area (Å²) >= 11 is 7.85. The molecule has 0 aromatic carbocycles. The highest BCUT2D eigenvalue weighted by molar-refractivity contribution is 9.11. The number of thiophene rings is 1. The highest BCUT2D eigenvalue weighted by Gasteiger charge is 2.22. The monoisotopic (exact) mass is 403 g/mol. The van der Waals surface area contributed by atoms with Crippen molar-refractivity contribution in [2.24, 2.45) is 5.41 Å². The van der Waals surface area contributed by atoms with Gasteiger partial charge in [-0.1, -0.05) is 29.8 Å². The van der Waals surface area contributed by atoms with Gasteiger partial charge in [-0.3, -0.25) is 0 Å². The predicted molar refractivity (Wildman–Crippen MR) is 79.4 cm³/mol. The van der Waals surface area contributed by atoms with Gasteiger partial charge in [0.05, 0.1) is 3.79 Å². The summed E-state index contributed by atoms with van der Waals surface area (Å²) in [6.07, 6.45) is 0.920. The summed E-state index contributed by atoms with van der Waals surface area (Å²) in [6.45, 7) is 4.53. The summed E-state index contributed by atoms with van der Waals surface area (Å²) < 4.78 is 27.7. The van der Waals surface area contributed by atoms with Crippen LogP contribution < -0.4 is 4.72 Å². The van der Waals surface area contributed by atoms with E-state index in [9.17, 15) is 8.42 Å². The van der Waals surface area contributed by atoms with E-state index in [2.05, 4.69) is 36.6 Å². The largest absolute Gasteiger partial charge is 0.250 e. The third-order valence-electron chi connectivity index (χ3n) is 2.33. The lowest BCUT2D eigenvalue weighted by molar-refractivity contribution is 0.354. The SMILES string of the molecule is CC(C)(CCBr)CNS(=O)(=O)c1ccc(Br)s1. The minimum atomic E-state index is -3.37. The number of sulfonamides is 1. The third-order valence-corrected chi connectivity index (χ3v) is 6.24. The van der Waals surface area contributed by atoms with Crippen LogP contribution >= 0.6 is 43.2 Å². The third kappa shape index (κ3) is 4.98. The maximum absolute atomic E-state index is 12.0. The van der Waals surface area contributed by atoms with Gasteiger partial charge in [-0.2, -0.15) is 0 Å². The van der Waals surface area contributed by atoms with Crippen LogP contribution in [0.1, 0.15) is 20.3 Å². The predicted octanol–water partition coefficient (Wildman–Crippen LogP) is 3.60. The van der Waals surface area contributed by atoms with E-state index in [0.717, 1.165) is 15.5 Å². The lowest BCUT2D eigenvalue weighted by Crippen LogP contribution is -2.33. The molecule has 1 aromatic rings. The van der Waals surface area contributed by atoms with E-state index >= 15 is 0 Å². The van der Waals surface area contributed by atoms with Crippen LogP contribution in [0.3, 0.4) is 0 Å². The van der Waals surface area contributed by atoms with Gasteiger partial charge in [0, 0.05) is 11.9 Å².